The van der Waals surface area contributed by atoms with Crippen LogP contribution in [0.4, 0.5) is 0 Å². The van der Waals surface area contributed by atoms with Crippen LogP contribution in [0.1, 0.15) is 27.2 Å². The number of hydrogen-bond acceptors (Lipinski definition) is 4. The summed E-state index contributed by atoms with van der Waals surface area (Å²) in [6.45, 7) is 6.78. The lowest BCUT2D eigenvalue weighted by molar-refractivity contribution is -0.123. The van der Waals surface area contributed by atoms with Gasteiger partial charge in [0, 0.05) is 18.3 Å². The first kappa shape index (κ1) is 13.6. The predicted molar refractivity (Wildman–Crippen MR) is 65.1 cm³/mol. The topological polar surface area (TPSA) is 85.8 Å². The van der Waals surface area contributed by atoms with Crippen molar-refractivity contribution in [1.29, 1.82) is 0 Å². The third-order valence-corrected chi connectivity index (χ3v) is 2.53. The van der Waals surface area contributed by atoms with Gasteiger partial charge >= 0.3 is 0 Å². The lowest BCUT2D eigenvalue weighted by Crippen LogP contribution is -2.53. The second-order valence-corrected chi connectivity index (χ2v) is 5.01. The molecule has 0 fully saturated rings. The molecule has 6 heteroatoms. The van der Waals surface area contributed by atoms with Gasteiger partial charge in [0.2, 0.25) is 5.91 Å². The normalized spacial score (nSPS) is 14.6. The van der Waals surface area contributed by atoms with E-state index in [1.54, 1.807) is 12.4 Å². The standard InChI is InChI=1S/C11H21N5O/c1-9(2)6-11(3,8-12)14-10(17)7-16-5-4-13-15-16/h4-5,9H,6-8,12H2,1-3H3,(H,14,17). The molecule has 0 saturated heterocycles. The lowest BCUT2D eigenvalue weighted by Gasteiger charge is -2.31. The number of nitrogens with one attached hydrogen (secondary N) is 1. The van der Waals surface area contributed by atoms with E-state index in [1.807, 2.05) is 6.92 Å². The summed E-state index contributed by atoms with van der Waals surface area (Å²) >= 11 is 0. The predicted octanol–water partition coefficient (Wildman–Crippen LogP) is 0.158. The molecule has 0 aliphatic carbocycles. The van der Waals surface area contributed by atoms with Gasteiger partial charge < -0.3 is 11.1 Å². The molecule has 1 atom stereocenters. The highest BCUT2D eigenvalue weighted by Gasteiger charge is 2.25. The van der Waals surface area contributed by atoms with E-state index in [1.165, 1.54) is 4.68 Å². The minimum atomic E-state index is -0.355. The van der Waals surface area contributed by atoms with Crippen molar-refractivity contribution < 1.29 is 4.79 Å². The number of nitrogens with two attached hydrogens (primary N) is 1. The van der Waals surface area contributed by atoms with Gasteiger partial charge in [0.25, 0.3) is 0 Å². The average Bonchev–Trinajstić information content (AvgIpc) is 2.68. The highest BCUT2D eigenvalue weighted by atomic mass is 16.2. The van der Waals surface area contributed by atoms with Crippen molar-refractivity contribution in [2.75, 3.05) is 6.54 Å². The van der Waals surface area contributed by atoms with E-state index in [4.69, 9.17) is 5.73 Å². The average molecular weight is 239 g/mol. The first-order valence-electron chi connectivity index (χ1n) is 5.80. The third-order valence-electron chi connectivity index (χ3n) is 2.53. The van der Waals surface area contributed by atoms with E-state index in [0.717, 1.165) is 6.42 Å². The van der Waals surface area contributed by atoms with Crippen LogP contribution < -0.4 is 11.1 Å². The van der Waals surface area contributed by atoms with Crippen molar-refractivity contribution >= 4 is 5.91 Å². The number of carbonyl (C=O) groups is 1. The van der Waals surface area contributed by atoms with Gasteiger partial charge in [-0.15, -0.1) is 5.10 Å². The zero-order valence-corrected chi connectivity index (χ0v) is 10.7. The molecular weight excluding hydrogens is 218 g/mol. The second kappa shape index (κ2) is 5.77. The van der Waals surface area contributed by atoms with Gasteiger partial charge in [-0.1, -0.05) is 19.1 Å². The molecular formula is C11H21N5O. The van der Waals surface area contributed by atoms with Crippen LogP contribution in [0.2, 0.25) is 0 Å². The zero-order valence-electron chi connectivity index (χ0n) is 10.7. The SMILES string of the molecule is CC(C)CC(C)(CN)NC(=O)Cn1ccnn1. The molecule has 0 radical (unpaired) electrons. The maximum atomic E-state index is 11.8. The quantitative estimate of drug-likeness (QED) is 0.740. The Labute approximate surface area is 102 Å². The van der Waals surface area contributed by atoms with Gasteiger partial charge in [0.05, 0.1) is 6.20 Å². The van der Waals surface area contributed by atoms with E-state index in [2.05, 4.69) is 29.5 Å². The molecule has 0 aromatic carbocycles. The second-order valence-electron chi connectivity index (χ2n) is 5.01. The Kier molecular flexibility index (Phi) is 4.62. The molecule has 1 rings (SSSR count). The monoisotopic (exact) mass is 239 g/mol. The Bertz CT molecular complexity index is 349. The van der Waals surface area contributed by atoms with Crippen LogP contribution in [0.3, 0.4) is 0 Å². The van der Waals surface area contributed by atoms with Crippen LogP contribution in [0.5, 0.6) is 0 Å². The van der Waals surface area contributed by atoms with Gasteiger partial charge in [0.1, 0.15) is 6.54 Å². The van der Waals surface area contributed by atoms with Crippen molar-refractivity contribution in [2.24, 2.45) is 11.7 Å². The van der Waals surface area contributed by atoms with Gasteiger partial charge in [-0.25, -0.2) is 4.68 Å². The summed E-state index contributed by atoms with van der Waals surface area (Å²) in [6, 6.07) is 0. The van der Waals surface area contributed by atoms with E-state index < -0.39 is 0 Å². The Morgan fingerprint density at radius 1 is 1.59 bits per heavy atom. The van der Waals surface area contributed by atoms with Crippen molar-refractivity contribution in [3.63, 3.8) is 0 Å². The molecule has 1 heterocycles. The largest absolute Gasteiger partial charge is 0.348 e. The summed E-state index contributed by atoms with van der Waals surface area (Å²) in [7, 11) is 0. The molecule has 0 saturated carbocycles. The number of amides is 1. The molecule has 6 nitrogen and oxygen atoms in total. The van der Waals surface area contributed by atoms with Gasteiger partial charge in [-0.2, -0.15) is 0 Å². The molecule has 1 aromatic rings. The zero-order chi connectivity index (χ0) is 12.9. The van der Waals surface area contributed by atoms with E-state index in [9.17, 15) is 4.79 Å². The van der Waals surface area contributed by atoms with Crippen molar-refractivity contribution in [3.8, 4) is 0 Å². The van der Waals surface area contributed by atoms with Crippen molar-refractivity contribution in [3.05, 3.63) is 12.4 Å². The third kappa shape index (κ3) is 4.52. The number of nitrogens with zero attached hydrogens (tertiary/aromatic N) is 3. The molecule has 0 bridgehead atoms. The van der Waals surface area contributed by atoms with Crippen LogP contribution >= 0.6 is 0 Å². The molecule has 96 valence electrons. The maximum Gasteiger partial charge on any atom is 0.242 e. The summed E-state index contributed by atoms with van der Waals surface area (Å²) in [6.07, 6.45) is 4.05. The number of rotatable bonds is 6. The number of aromatic nitrogens is 3. The first-order chi connectivity index (χ1) is 7.95. The fourth-order valence-electron chi connectivity index (χ4n) is 1.93. The summed E-state index contributed by atoms with van der Waals surface area (Å²) < 4.78 is 1.49. The summed E-state index contributed by atoms with van der Waals surface area (Å²) in [5.41, 5.74) is 5.37. The molecule has 3 N–H and O–H groups in total. The summed E-state index contributed by atoms with van der Waals surface area (Å²) in [4.78, 5) is 11.8. The number of hydrogen-bond donors (Lipinski definition) is 2. The maximum absolute atomic E-state index is 11.8. The molecule has 1 amide bonds. The van der Waals surface area contributed by atoms with Crippen molar-refractivity contribution in [2.45, 2.75) is 39.3 Å². The smallest absolute Gasteiger partial charge is 0.242 e. The molecule has 17 heavy (non-hydrogen) atoms. The molecule has 0 aliphatic heterocycles. The Balaban J connectivity index is 2.53. The summed E-state index contributed by atoms with van der Waals surface area (Å²) in [5.74, 6) is 0.388. The van der Waals surface area contributed by atoms with Crippen LogP contribution in [0.25, 0.3) is 0 Å². The van der Waals surface area contributed by atoms with Crippen LogP contribution in [-0.4, -0.2) is 33.0 Å². The van der Waals surface area contributed by atoms with Gasteiger partial charge in [0.15, 0.2) is 0 Å². The Morgan fingerprint density at radius 2 is 2.29 bits per heavy atom. The van der Waals surface area contributed by atoms with Crippen LogP contribution in [-0.2, 0) is 11.3 Å². The molecule has 0 spiro atoms. The van der Waals surface area contributed by atoms with E-state index >= 15 is 0 Å². The minimum Gasteiger partial charge on any atom is -0.348 e. The van der Waals surface area contributed by atoms with Gasteiger partial charge in [-0.05, 0) is 19.3 Å². The Morgan fingerprint density at radius 3 is 2.76 bits per heavy atom. The number of carbonyl (C=O) groups excluding carboxylic acids is 1. The minimum absolute atomic E-state index is 0.0934. The lowest BCUT2D eigenvalue weighted by atomic mass is 9.91. The molecule has 1 unspecified atom stereocenters. The highest BCUT2D eigenvalue weighted by molar-refractivity contribution is 5.76. The summed E-state index contributed by atoms with van der Waals surface area (Å²) in [5, 5.41) is 10.4. The fraction of sp³-hybridized carbons (Fsp3) is 0.727. The molecule has 1 aromatic heterocycles. The molecule has 0 aliphatic rings. The highest BCUT2D eigenvalue weighted by Crippen LogP contribution is 2.15. The van der Waals surface area contributed by atoms with Gasteiger partial charge in [-0.3, -0.25) is 4.79 Å². The first-order valence-corrected chi connectivity index (χ1v) is 5.80. The fourth-order valence-corrected chi connectivity index (χ4v) is 1.93. The van der Waals surface area contributed by atoms with Crippen LogP contribution in [0.15, 0.2) is 12.4 Å². The van der Waals surface area contributed by atoms with E-state index in [0.29, 0.717) is 12.5 Å². The Hall–Kier alpha value is -1.43. The van der Waals surface area contributed by atoms with Crippen LogP contribution in [0, 0.1) is 5.92 Å². The van der Waals surface area contributed by atoms with E-state index in [-0.39, 0.29) is 18.0 Å². The van der Waals surface area contributed by atoms with Crippen molar-refractivity contribution in [1.82, 2.24) is 20.3 Å².